The molecular weight excluding hydrogens is 150 g/mol. The number of ether oxygens (including phenoxy) is 1. The molecule has 0 rings (SSSR count). The summed E-state index contributed by atoms with van der Waals surface area (Å²) in [5, 5.41) is 0. The maximum absolute atomic E-state index is 5.60. The van der Waals surface area contributed by atoms with E-state index in [1.807, 2.05) is 6.08 Å². The van der Waals surface area contributed by atoms with Crippen molar-refractivity contribution in [3.8, 4) is 0 Å². The van der Waals surface area contributed by atoms with Crippen molar-refractivity contribution in [3.05, 3.63) is 12.7 Å². The van der Waals surface area contributed by atoms with E-state index in [2.05, 4.69) is 32.3 Å². The third-order valence-electron chi connectivity index (χ3n) is 2.16. The van der Waals surface area contributed by atoms with E-state index in [0.29, 0.717) is 12.5 Å². The van der Waals surface area contributed by atoms with Crippen molar-refractivity contribution >= 4 is 6.21 Å². The summed E-state index contributed by atoms with van der Waals surface area (Å²) in [6, 6.07) is 0. The molecule has 1 atom stereocenters. The first-order chi connectivity index (χ1) is 5.54. The van der Waals surface area contributed by atoms with Crippen LogP contribution in [0.2, 0.25) is 0 Å². The van der Waals surface area contributed by atoms with Gasteiger partial charge in [0.25, 0.3) is 0 Å². The van der Waals surface area contributed by atoms with Crippen LogP contribution in [0.4, 0.5) is 0 Å². The Hall–Kier alpha value is -0.630. The molecule has 2 nitrogen and oxygen atoms in total. The van der Waals surface area contributed by atoms with Crippen molar-refractivity contribution in [2.75, 3.05) is 13.7 Å². The number of aliphatic imine (C=N–C) groups is 1. The van der Waals surface area contributed by atoms with Crippen LogP contribution in [0, 0.1) is 5.92 Å². The highest BCUT2D eigenvalue weighted by Gasteiger charge is 2.23. The fourth-order valence-corrected chi connectivity index (χ4v) is 0.742. The molecule has 2 heteroatoms. The first-order valence-corrected chi connectivity index (χ1v) is 4.21. The molecule has 0 aliphatic carbocycles. The molecule has 0 aliphatic heterocycles. The van der Waals surface area contributed by atoms with Gasteiger partial charge in [0.2, 0.25) is 0 Å². The lowest BCUT2D eigenvalue weighted by molar-refractivity contribution is -0.0208. The minimum atomic E-state index is -0.150. The molecular formula is C10H19NO. The maximum Gasteiger partial charge on any atom is 0.0821 e. The lowest BCUT2D eigenvalue weighted by atomic mass is 9.93. The van der Waals surface area contributed by atoms with E-state index in [-0.39, 0.29) is 5.60 Å². The zero-order valence-corrected chi connectivity index (χ0v) is 8.50. The summed E-state index contributed by atoms with van der Waals surface area (Å²) in [5.41, 5.74) is -0.150. The minimum Gasteiger partial charge on any atom is -0.369 e. The summed E-state index contributed by atoms with van der Waals surface area (Å²) in [6.07, 6.45) is 3.67. The third-order valence-corrected chi connectivity index (χ3v) is 2.16. The van der Waals surface area contributed by atoms with E-state index in [1.54, 1.807) is 13.3 Å². The van der Waals surface area contributed by atoms with Crippen LogP contribution in [0.25, 0.3) is 0 Å². The molecule has 0 aliphatic rings. The maximum atomic E-state index is 5.60. The second-order valence-corrected chi connectivity index (χ2v) is 3.38. The highest BCUT2D eigenvalue weighted by Crippen LogP contribution is 2.21. The monoisotopic (exact) mass is 169 g/mol. The van der Waals surface area contributed by atoms with Crippen LogP contribution in [-0.2, 0) is 4.74 Å². The second kappa shape index (κ2) is 5.09. The molecule has 0 heterocycles. The highest BCUT2D eigenvalue weighted by atomic mass is 16.5. The smallest absolute Gasteiger partial charge is 0.0821 e. The van der Waals surface area contributed by atoms with Gasteiger partial charge in [-0.05, 0) is 13.8 Å². The van der Waals surface area contributed by atoms with Crippen LogP contribution in [0.1, 0.15) is 20.8 Å². The molecule has 0 amide bonds. The van der Waals surface area contributed by atoms with Crippen molar-refractivity contribution in [1.29, 1.82) is 0 Å². The molecule has 0 spiro atoms. The highest BCUT2D eigenvalue weighted by molar-refractivity contribution is 5.58. The second-order valence-electron chi connectivity index (χ2n) is 3.38. The Balaban J connectivity index is 3.93. The molecule has 0 aromatic rings. The van der Waals surface area contributed by atoms with Crippen LogP contribution in [0.3, 0.4) is 0 Å². The summed E-state index contributed by atoms with van der Waals surface area (Å²) in [6.45, 7) is 10.5. The molecule has 0 aromatic carbocycles. The average molecular weight is 169 g/mol. The predicted molar refractivity (Wildman–Crippen MR) is 53.8 cm³/mol. The van der Waals surface area contributed by atoms with E-state index in [0.717, 1.165) is 0 Å². The van der Waals surface area contributed by atoms with Crippen molar-refractivity contribution in [3.63, 3.8) is 0 Å². The Labute approximate surface area is 75.3 Å². The molecule has 0 saturated heterocycles. The first-order valence-electron chi connectivity index (χ1n) is 4.21. The van der Waals surface area contributed by atoms with Gasteiger partial charge >= 0.3 is 0 Å². The topological polar surface area (TPSA) is 21.6 Å². The van der Waals surface area contributed by atoms with Gasteiger partial charge in [0.1, 0.15) is 0 Å². The molecule has 0 N–H and O–H groups in total. The van der Waals surface area contributed by atoms with Crippen LogP contribution >= 0.6 is 0 Å². The molecule has 0 radical (unpaired) electrons. The Morgan fingerprint density at radius 2 is 2.17 bits per heavy atom. The van der Waals surface area contributed by atoms with Crippen LogP contribution in [0.5, 0.6) is 0 Å². The number of rotatable bonds is 5. The van der Waals surface area contributed by atoms with E-state index in [9.17, 15) is 0 Å². The van der Waals surface area contributed by atoms with Gasteiger partial charge in [-0.25, -0.2) is 0 Å². The van der Waals surface area contributed by atoms with Gasteiger partial charge in [-0.3, -0.25) is 4.99 Å². The van der Waals surface area contributed by atoms with E-state index in [4.69, 9.17) is 4.74 Å². The first kappa shape index (κ1) is 11.4. The quantitative estimate of drug-likeness (QED) is 0.457. The van der Waals surface area contributed by atoms with Crippen molar-refractivity contribution in [2.24, 2.45) is 10.9 Å². The number of nitrogens with zero attached hydrogens (tertiary/aromatic N) is 1. The van der Waals surface area contributed by atoms with Gasteiger partial charge in [-0.1, -0.05) is 13.0 Å². The zero-order valence-electron chi connectivity index (χ0n) is 8.50. The summed E-state index contributed by atoms with van der Waals surface area (Å²) >= 11 is 0. The van der Waals surface area contributed by atoms with E-state index >= 15 is 0 Å². The summed E-state index contributed by atoms with van der Waals surface area (Å²) in [7, 11) is 1.74. The van der Waals surface area contributed by atoms with E-state index in [1.165, 1.54) is 0 Å². The van der Waals surface area contributed by atoms with Crippen molar-refractivity contribution < 1.29 is 4.74 Å². The van der Waals surface area contributed by atoms with Gasteiger partial charge in [-0.2, -0.15) is 0 Å². The number of hydrogen-bond donors (Lipinski definition) is 0. The van der Waals surface area contributed by atoms with Gasteiger partial charge in [0.05, 0.1) is 12.2 Å². The molecule has 1 unspecified atom stereocenters. The summed E-state index contributed by atoms with van der Waals surface area (Å²) in [5.74, 6) is 0.350. The molecule has 0 fully saturated rings. The van der Waals surface area contributed by atoms with Crippen molar-refractivity contribution in [1.82, 2.24) is 0 Å². The van der Waals surface area contributed by atoms with Gasteiger partial charge < -0.3 is 4.74 Å². The Kier molecular flexibility index (Phi) is 4.83. The lowest BCUT2D eigenvalue weighted by Gasteiger charge is -2.29. The van der Waals surface area contributed by atoms with Gasteiger partial charge in [0.15, 0.2) is 0 Å². The molecule has 70 valence electrons. The fourth-order valence-electron chi connectivity index (χ4n) is 0.742. The minimum absolute atomic E-state index is 0.150. The van der Waals surface area contributed by atoms with Crippen LogP contribution in [-0.4, -0.2) is 25.5 Å². The normalized spacial score (nSPS) is 15.0. The summed E-state index contributed by atoms with van der Waals surface area (Å²) < 4.78 is 5.60. The fraction of sp³-hybridized carbons (Fsp3) is 0.700. The Morgan fingerprint density at radius 1 is 1.58 bits per heavy atom. The predicted octanol–water partition coefficient (Wildman–Crippen LogP) is 2.30. The largest absolute Gasteiger partial charge is 0.369 e. The number of hydrogen-bond acceptors (Lipinski definition) is 2. The Bertz CT molecular complexity index is 161. The molecule has 12 heavy (non-hydrogen) atoms. The van der Waals surface area contributed by atoms with Crippen molar-refractivity contribution in [2.45, 2.75) is 26.4 Å². The van der Waals surface area contributed by atoms with E-state index < -0.39 is 0 Å². The lowest BCUT2D eigenvalue weighted by Crippen LogP contribution is -2.32. The zero-order chi connectivity index (χ0) is 9.61. The average Bonchev–Trinajstić information content (AvgIpc) is 2.03. The van der Waals surface area contributed by atoms with Crippen LogP contribution in [0.15, 0.2) is 17.6 Å². The standard InChI is InChI=1S/C10H19NO/c1-6-9(2)10(3,4)12-8-7-11-5/h6-7,9H,1,8H2,2-5H3. The third kappa shape index (κ3) is 3.67. The Morgan fingerprint density at radius 3 is 2.58 bits per heavy atom. The van der Waals surface area contributed by atoms with Gasteiger partial charge in [-0.15, -0.1) is 6.58 Å². The molecule has 0 saturated carbocycles. The van der Waals surface area contributed by atoms with Crippen LogP contribution < -0.4 is 0 Å². The molecule has 0 aromatic heterocycles. The SMILES string of the molecule is C=CC(C)C(C)(C)OCC=NC. The summed E-state index contributed by atoms with van der Waals surface area (Å²) in [4.78, 5) is 3.85. The molecule has 0 bridgehead atoms. The van der Waals surface area contributed by atoms with Gasteiger partial charge in [0, 0.05) is 19.2 Å².